The van der Waals surface area contributed by atoms with E-state index in [1.54, 1.807) is 12.1 Å². The van der Waals surface area contributed by atoms with Crippen LogP contribution in [0.1, 0.15) is 68.6 Å². The van der Waals surface area contributed by atoms with Gasteiger partial charge in [0.25, 0.3) is 5.91 Å². The molecule has 1 aliphatic rings. The van der Waals surface area contributed by atoms with Gasteiger partial charge in [0.05, 0.1) is 18.8 Å². The van der Waals surface area contributed by atoms with Gasteiger partial charge in [0.2, 0.25) is 0 Å². The summed E-state index contributed by atoms with van der Waals surface area (Å²) >= 11 is 5.32. The summed E-state index contributed by atoms with van der Waals surface area (Å²) in [5.74, 6) is 1.93. The van der Waals surface area contributed by atoms with E-state index < -0.39 is 0 Å². The van der Waals surface area contributed by atoms with Crippen molar-refractivity contribution in [3.63, 3.8) is 0 Å². The van der Waals surface area contributed by atoms with Gasteiger partial charge in [0, 0.05) is 5.69 Å². The number of anilines is 1. The van der Waals surface area contributed by atoms with E-state index in [4.69, 9.17) is 21.7 Å². The number of carbonyl (C=O) groups excluding carboxylic acids is 1. The quantitative estimate of drug-likeness (QED) is 0.324. The summed E-state index contributed by atoms with van der Waals surface area (Å²) < 4.78 is 11.6. The van der Waals surface area contributed by atoms with Gasteiger partial charge in [-0.15, -0.1) is 0 Å². The normalized spacial score (nSPS) is 13.9. The van der Waals surface area contributed by atoms with Gasteiger partial charge in [0.1, 0.15) is 11.5 Å². The van der Waals surface area contributed by atoms with Crippen LogP contribution < -0.4 is 20.1 Å². The predicted octanol–water partition coefficient (Wildman–Crippen LogP) is 6.34. The topological polar surface area (TPSA) is 59.6 Å². The molecule has 0 bridgehead atoms. The molecule has 1 saturated carbocycles. The molecule has 0 aromatic heterocycles. The van der Waals surface area contributed by atoms with E-state index in [9.17, 15) is 4.79 Å². The van der Waals surface area contributed by atoms with Crippen LogP contribution in [-0.4, -0.2) is 24.2 Å². The molecule has 32 heavy (non-hydrogen) atoms. The van der Waals surface area contributed by atoms with Crippen molar-refractivity contribution >= 4 is 28.9 Å². The lowest BCUT2D eigenvalue weighted by Crippen LogP contribution is -2.34. The SMILES string of the molecule is CCCCOc1ccccc1C(=O)NC(=S)Nc1ccc(OCCC2CCCCC2)cc1. The average molecular weight is 455 g/mol. The lowest BCUT2D eigenvalue weighted by Gasteiger charge is -2.21. The molecule has 2 N–H and O–H groups in total. The van der Waals surface area contributed by atoms with Crippen LogP contribution >= 0.6 is 12.2 Å². The lowest BCUT2D eigenvalue weighted by molar-refractivity contribution is 0.0973. The van der Waals surface area contributed by atoms with Gasteiger partial charge >= 0.3 is 0 Å². The van der Waals surface area contributed by atoms with Gasteiger partial charge in [-0.3, -0.25) is 10.1 Å². The van der Waals surface area contributed by atoms with Gasteiger partial charge in [0.15, 0.2) is 5.11 Å². The maximum atomic E-state index is 12.7. The summed E-state index contributed by atoms with van der Waals surface area (Å²) in [6.07, 6.45) is 9.88. The van der Waals surface area contributed by atoms with E-state index in [1.807, 2.05) is 36.4 Å². The Morgan fingerprint density at radius 3 is 2.50 bits per heavy atom. The molecule has 6 heteroatoms. The minimum Gasteiger partial charge on any atom is -0.494 e. The first-order chi connectivity index (χ1) is 15.7. The summed E-state index contributed by atoms with van der Waals surface area (Å²) in [5.41, 5.74) is 1.26. The summed E-state index contributed by atoms with van der Waals surface area (Å²) in [5, 5.41) is 6.02. The van der Waals surface area contributed by atoms with Crippen LogP contribution in [0, 0.1) is 5.92 Å². The fourth-order valence-electron chi connectivity index (χ4n) is 3.89. The van der Waals surface area contributed by atoms with Crippen molar-refractivity contribution in [2.75, 3.05) is 18.5 Å². The van der Waals surface area contributed by atoms with Crippen LogP contribution in [0.2, 0.25) is 0 Å². The first-order valence-electron chi connectivity index (χ1n) is 11.7. The van der Waals surface area contributed by atoms with Gasteiger partial charge in [-0.05, 0) is 67.4 Å². The minimum absolute atomic E-state index is 0.240. The molecule has 1 amide bonds. The van der Waals surface area contributed by atoms with E-state index in [0.29, 0.717) is 17.9 Å². The molecule has 0 saturated heterocycles. The zero-order valence-corrected chi connectivity index (χ0v) is 19.7. The standard InChI is InChI=1S/C26H34N2O3S/c1-2-3-18-31-24-12-8-7-11-23(24)25(29)28-26(32)27-21-13-15-22(16-14-21)30-19-17-20-9-5-4-6-10-20/h7-8,11-16,20H,2-6,9-10,17-19H2,1H3,(H2,27,28,29,32). The number of hydrogen-bond acceptors (Lipinski definition) is 4. The number of para-hydroxylation sites is 1. The second-order valence-corrected chi connectivity index (χ2v) is 8.68. The molecule has 172 valence electrons. The van der Waals surface area contributed by atoms with Gasteiger partial charge in [-0.25, -0.2) is 0 Å². The van der Waals surface area contributed by atoms with E-state index in [2.05, 4.69) is 17.6 Å². The van der Waals surface area contributed by atoms with Crippen molar-refractivity contribution in [3.8, 4) is 11.5 Å². The molecular formula is C26H34N2O3S. The third-order valence-corrected chi connectivity index (χ3v) is 5.95. The molecule has 0 spiro atoms. The van der Waals surface area contributed by atoms with Gasteiger partial charge < -0.3 is 14.8 Å². The Balaban J connectivity index is 1.45. The van der Waals surface area contributed by atoms with Crippen molar-refractivity contribution in [2.45, 2.75) is 58.3 Å². The lowest BCUT2D eigenvalue weighted by atomic mass is 9.87. The first-order valence-corrected chi connectivity index (χ1v) is 12.1. The minimum atomic E-state index is -0.294. The number of rotatable bonds is 10. The van der Waals surface area contributed by atoms with Crippen LogP contribution in [0.5, 0.6) is 11.5 Å². The Hall–Kier alpha value is -2.60. The predicted molar refractivity (Wildman–Crippen MR) is 134 cm³/mol. The highest BCUT2D eigenvalue weighted by Gasteiger charge is 2.14. The molecule has 2 aromatic carbocycles. The van der Waals surface area contributed by atoms with Crippen LogP contribution in [0.4, 0.5) is 5.69 Å². The third kappa shape index (κ3) is 7.83. The highest BCUT2D eigenvalue weighted by Crippen LogP contribution is 2.26. The molecule has 0 aliphatic heterocycles. The van der Waals surface area contributed by atoms with E-state index in [0.717, 1.165) is 43.2 Å². The number of benzene rings is 2. The summed E-state index contributed by atoms with van der Waals surface area (Å²) in [4.78, 5) is 12.7. The highest BCUT2D eigenvalue weighted by atomic mass is 32.1. The molecule has 0 heterocycles. The van der Waals surface area contributed by atoms with Crippen molar-refractivity contribution in [1.29, 1.82) is 0 Å². The number of unbranched alkanes of at least 4 members (excludes halogenated alkanes) is 1. The average Bonchev–Trinajstić information content (AvgIpc) is 2.81. The molecule has 1 aliphatic carbocycles. The molecule has 0 atom stereocenters. The second kappa shape index (κ2) is 13.1. The smallest absolute Gasteiger partial charge is 0.261 e. The molecule has 5 nitrogen and oxygen atoms in total. The van der Waals surface area contributed by atoms with Crippen LogP contribution in [0.25, 0.3) is 0 Å². The van der Waals surface area contributed by atoms with E-state index >= 15 is 0 Å². The fourth-order valence-corrected chi connectivity index (χ4v) is 4.10. The Morgan fingerprint density at radius 1 is 1.00 bits per heavy atom. The number of hydrogen-bond donors (Lipinski definition) is 2. The van der Waals surface area contributed by atoms with Crippen molar-refractivity contribution < 1.29 is 14.3 Å². The van der Waals surface area contributed by atoms with E-state index in [-0.39, 0.29) is 11.0 Å². The number of ether oxygens (including phenoxy) is 2. The Morgan fingerprint density at radius 2 is 1.75 bits per heavy atom. The molecule has 0 unspecified atom stereocenters. The van der Waals surface area contributed by atoms with E-state index in [1.165, 1.54) is 32.1 Å². The summed E-state index contributed by atoms with van der Waals surface area (Å²) in [7, 11) is 0. The number of nitrogens with one attached hydrogen (secondary N) is 2. The molecular weight excluding hydrogens is 420 g/mol. The number of amides is 1. The Labute approximate surface area is 196 Å². The van der Waals surface area contributed by atoms with Crippen molar-refractivity contribution in [1.82, 2.24) is 5.32 Å². The highest BCUT2D eigenvalue weighted by molar-refractivity contribution is 7.80. The van der Waals surface area contributed by atoms with Gasteiger partial charge in [-0.2, -0.15) is 0 Å². The second-order valence-electron chi connectivity index (χ2n) is 8.27. The maximum Gasteiger partial charge on any atom is 0.261 e. The first kappa shape index (κ1) is 24.1. The zero-order chi connectivity index (χ0) is 22.6. The summed E-state index contributed by atoms with van der Waals surface area (Å²) in [6.45, 7) is 3.44. The van der Waals surface area contributed by atoms with Crippen molar-refractivity contribution in [3.05, 3.63) is 54.1 Å². The zero-order valence-electron chi connectivity index (χ0n) is 18.9. The number of carbonyl (C=O) groups is 1. The Kier molecular flexibility index (Phi) is 9.82. The molecule has 3 rings (SSSR count). The molecule has 1 fully saturated rings. The summed E-state index contributed by atoms with van der Waals surface area (Å²) in [6, 6.07) is 14.8. The largest absolute Gasteiger partial charge is 0.494 e. The maximum absolute atomic E-state index is 12.7. The fraction of sp³-hybridized carbons (Fsp3) is 0.462. The third-order valence-electron chi connectivity index (χ3n) is 5.75. The van der Waals surface area contributed by atoms with Crippen molar-refractivity contribution in [2.24, 2.45) is 5.92 Å². The van der Waals surface area contributed by atoms with Crippen LogP contribution in [-0.2, 0) is 0 Å². The molecule has 2 aromatic rings. The monoisotopic (exact) mass is 454 g/mol. The van der Waals surface area contributed by atoms with Crippen LogP contribution in [0.3, 0.4) is 0 Å². The van der Waals surface area contributed by atoms with Gasteiger partial charge in [-0.1, -0.05) is 57.6 Å². The number of thiocarbonyl (C=S) groups is 1. The molecule has 0 radical (unpaired) electrons. The Bertz CT molecular complexity index is 864. The van der Waals surface area contributed by atoms with Crippen LogP contribution in [0.15, 0.2) is 48.5 Å².